The molecule has 3 N–H and O–H groups in total. The third-order valence-corrected chi connectivity index (χ3v) is 15.4. The molecule has 1 saturated heterocycles. The smallest absolute Gasteiger partial charge is 0.309 e. The van der Waals surface area contributed by atoms with Gasteiger partial charge >= 0.3 is 5.97 Å². The first kappa shape index (κ1) is 50.5. The Labute approximate surface area is 414 Å². The van der Waals surface area contributed by atoms with Crippen molar-refractivity contribution < 1.29 is 28.7 Å². The molecule has 3 amide bonds. The summed E-state index contributed by atoms with van der Waals surface area (Å²) in [5, 5.41) is 14.6. The molecule has 2 saturated carbocycles. The van der Waals surface area contributed by atoms with E-state index < -0.39 is 17.7 Å². The Balaban J connectivity index is 0.960. The number of Topliss-reactive ketones (excluding diaryl/α,β-unsaturated/α-hetero) is 1. The van der Waals surface area contributed by atoms with Crippen molar-refractivity contribution in [2.24, 2.45) is 23.7 Å². The number of carbonyl (C=O) groups is 5. The molecule has 3 aliphatic carbocycles. The lowest BCUT2D eigenvalue weighted by molar-refractivity contribution is -0.161. The topological polar surface area (TPSA) is 167 Å². The number of aryl methyl sites for hydroxylation is 2. The molecule has 13 heteroatoms. The number of nitrogens with one attached hydrogen (secondary N) is 3. The first-order valence-corrected chi connectivity index (χ1v) is 26.3. The molecule has 4 aromatic rings. The zero-order valence-corrected chi connectivity index (χ0v) is 42.0. The van der Waals surface area contributed by atoms with E-state index in [1.54, 1.807) is 18.6 Å². The van der Waals surface area contributed by atoms with Crippen molar-refractivity contribution in [2.45, 2.75) is 155 Å². The quantitative estimate of drug-likeness (QED) is 0.105. The maximum absolute atomic E-state index is 14.9. The predicted octanol–water partition coefficient (Wildman–Crippen LogP) is 9.02. The molecule has 2 aromatic carbocycles. The van der Waals surface area contributed by atoms with Gasteiger partial charge in [0.2, 0.25) is 17.7 Å². The maximum Gasteiger partial charge on any atom is 0.309 e. The average Bonchev–Trinajstić information content (AvgIpc) is 3.82. The van der Waals surface area contributed by atoms with Crippen LogP contribution in [0.5, 0.6) is 0 Å². The Morgan fingerprint density at radius 2 is 1.57 bits per heavy atom. The number of carbonyl (C=O) groups excluding carboxylic acids is 5. The first-order chi connectivity index (χ1) is 33.8. The molecule has 3 heterocycles. The lowest BCUT2D eigenvalue weighted by atomic mass is 9.74. The van der Waals surface area contributed by atoms with Crippen LogP contribution in [0.25, 0.3) is 17.0 Å². The highest BCUT2D eigenvalue weighted by Gasteiger charge is 2.35. The van der Waals surface area contributed by atoms with E-state index in [2.05, 4.69) is 55.0 Å². The minimum Gasteiger partial charge on any atom is -0.460 e. The van der Waals surface area contributed by atoms with Crippen LogP contribution < -0.4 is 15.5 Å². The van der Waals surface area contributed by atoms with Gasteiger partial charge in [0, 0.05) is 68.9 Å². The van der Waals surface area contributed by atoms with Crippen LogP contribution in [-0.2, 0) is 41.6 Å². The molecule has 70 heavy (non-hydrogen) atoms. The summed E-state index contributed by atoms with van der Waals surface area (Å²) in [6.45, 7) is 10.0. The lowest BCUT2D eigenvalue weighted by Crippen LogP contribution is -2.58. The summed E-state index contributed by atoms with van der Waals surface area (Å²) in [6, 6.07) is 14.7. The second kappa shape index (κ2) is 23.4. The molecule has 3 fully saturated rings. The number of amides is 3. The molecule has 2 aromatic heterocycles. The molecule has 8 rings (SSSR count). The van der Waals surface area contributed by atoms with Gasteiger partial charge in [-0.15, -0.1) is 0 Å². The summed E-state index contributed by atoms with van der Waals surface area (Å²) in [6.07, 6.45) is 20.1. The van der Waals surface area contributed by atoms with E-state index >= 15 is 0 Å². The van der Waals surface area contributed by atoms with Crippen molar-refractivity contribution in [1.82, 2.24) is 30.7 Å². The van der Waals surface area contributed by atoms with Crippen LogP contribution in [-0.4, -0.2) is 93.4 Å². The monoisotopic (exact) mass is 954 g/mol. The molecule has 13 nitrogen and oxygen atoms in total. The van der Waals surface area contributed by atoms with Gasteiger partial charge in [-0.05, 0) is 168 Å². The zero-order chi connectivity index (χ0) is 49.2. The highest BCUT2D eigenvalue weighted by molar-refractivity contribution is 6.00. The van der Waals surface area contributed by atoms with Crippen LogP contribution in [0.1, 0.15) is 139 Å². The van der Waals surface area contributed by atoms with E-state index in [9.17, 15) is 24.0 Å². The predicted molar refractivity (Wildman–Crippen MR) is 274 cm³/mol. The van der Waals surface area contributed by atoms with Crippen molar-refractivity contribution in [3.63, 3.8) is 0 Å². The van der Waals surface area contributed by atoms with Crippen molar-refractivity contribution in [1.29, 1.82) is 0 Å². The first-order valence-electron chi connectivity index (χ1n) is 26.3. The number of anilines is 1. The molecular weight excluding hydrogens is 879 g/mol. The fourth-order valence-electron chi connectivity index (χ4n) is 11.5. The number of nitrogens with zero attached hydrogens (tertiary/aromatic N) is 4. The van der Waals surface area contributed by atoms with Gasteiger partial charge in [-0.1, -0.05) is 49.6 Å². The Kier molecular flexibility index (Phi) is 16.9. The second-order valence-electron chi connectivity index (χ2n) is 21.7. The normalized spacial score (nSPS) is 23.0. The molecule has 4 atom stereocenters. The maximum atomic E-state index is 14.9. The summed E-state index contributed by atoms with van der Waals surface area (Å²) >= 11 is 0. The number of pyridine rings is 1. The fourth-order valence-corrected chi connectivity index (χ4v) is 11.5. The van der Waals surface area contributed by atoms with Crippen LogP contribution in [0, 0.1) is 30.6 Å². The van der Waals surface area contributed by atoms with E-state index in [-0.39, 0.29) is 60.1 Å². The van der Waals surface area contributed by atoms with Gasteiger partial charge in [0.05, 0.1) is 17.6 Å². The summed E-state index contributed by atoms with van der Waals surface area (Å²) in [5.41, 5.74) is 6.71. The number of hydrogen-bond donors (Lipinski definition) is 3. The summed E-state index contributed by atoms with van der Waals surface area (Å²) < 4.78 is 5.82. The van der Waals surface area contributed by atoms with Crippen molar-refractivity contribution in [2.75, 3.05) is 31.1 Å². The van der Waals surface area contributed by atoms with Gasteiger partial charge in [0.1, 0.15) is 17.7 Å². The van der Waals surface area contributed by atoms with Crippen LogP contribution in [0.15, 0.2) is 72.7 Å². The Morgan fingerprint density at radius 1 is 0.829 bits per heavy atom. The SMILES string of the molecule is Cc1cc(C[C@@H](NC(=O)CCC2CCC(/C3=C/c4ccccc4CCCC3=O)CC2)C(=O)N[C@@H](CC2CCCCC(C(=O)OC(C)(C)C)CC2)C(=O)N2CCN(c3ccncc3)CC2)cc2cn[nH]c12. The van der Waals surface area contributed by atoms with Gasteiger partial charge in [0.15, 0.2) is 5.78 Å². The van der Waals surface area contributed by atoms with Gasteiger partial charge in [-0.2, -0.15) is 5.10 Å². The fraction of sp³-hybridized carbons (Fsp3) is 0.561. The molecule has 0 spiro atoms. The minimum absolute atomic E-state index is 0.101. The highest BCUT2D eigenvalue weighted by atomic mass is 16.6. The number of ether oxygens (including phenoxy) is 1. The number of H-pyrrole nitrogens is 1. The van der Waals surface area contributed by atoms with Gasteiger partial charge in [0.25, 0.3) is 0 Å². The van der Waals surface area contributed by atoms with Crippen molar-refractivity contribution in [3.8, 4) is 0 Å². The number of esters is 1. The molecular formula is C57H75N7O6. The number of hydrogen-bond acceptors (Lipinski definition) is 9. The number of piperazine rings is 1. The second-order valence-corrected chi connectivity index (χ2v) is 21.7. The largest absolute Gasteiger partial charge is 0.460 e. The van der Waals surface area contributed by atoms with E-state index in [1.807, 2.05) is 62.9 Å². The van der Waals surface area contributed by atoms with E-state index in [4.69, 9.17) is 4.74 Å². The van der Waals surface area contributed by atoms with Crippen molar-refractivity contribution >= 4 is 52.1 Å². The van der Waals surface area contributed by atoms with Crippen LogP contribution in [0.3, 0.4) is 0 Å². The molecule has 1 aliphatic heterocycles. The number of rotatable bonds is 14. The van der Waals surface area contributed by atoms with Gasteiger partial charge in [-0.25, -0.2) is 0 Å². The third kappa shape index (κ3) is 13.5. The number of benzene rings is 2. The van der Waals surface area contributed by atoms with E-state index in [1.165, 1.54) is 5.56 Å². The van der Waals surface area contributed by atoms with E-state index in [0.29, 0.717) is 57.8 Å². The van der Waals surface area contributed by atoms with Crippen LogP contribution >= 0.6 is 0 Å². The zero-order valence-electron chi connectivity index (χ0n) is 42.0. The number of allylic oxidation sites excluding steroid dienone is 1. The molecule has 4 aliphatic rings. The number of ketones is 1. The summed E-state index contributed by atoms with van der Waals surface area (Å²) in [4.78, 5) is 78.7. The summed E-state index contributed by atoms with van der Waals surface area (Å²) in [5.74, 6) is -0.127. The van der Waals surface area contributed by atoms with Crippen LogP contribution in [0.4, 0.5) is 5.69 Å². The lowest BCUT2D eigenvalue weighted by Gasteiger charge is -2.38. The highest BCUT2D eigenvalue weighted by Crippen LogP contribution is 2.38. The van der Waals surface area contributed by atoms with Crippen LogP contribution in [0.2, 0.25) is 0 Å². The standard InChI is InChI=1S/C57H75N7O6/c1-38-32-41(33-46-37-59-62-53(38)46)35-49(60-52(66)23-19-39-16-20-43(21-17-39)48-36-45-13-8-7-11-42(45)14-9-15-51(48)65)54(67)61-50(55(68)64-30-28-63(29-31-64)47-24-26-58-27-25-47)34-40-10-5-6-12-44(22-18-40)56(69)70-57(2,3)4/h7-8,11,13,24-27,32-33,36-37,39-40,43-44,49-50H,5-6,9-10,12,14-23,28-31,34-35H2,1-4H3,(H,59,62)(H,60,66)(H,61,67)/b48-36-/t39?,40?,43?,44?,49-,50+/m1/s1. The molecule has 2 unspecified atom stereocenters. The van der Waals surface area contributed by atoms with Gasteiger partial charge in [-0.3, -0.25) is 34.1 Å². The number of aromatic amines is 1. The third-order valence-electron chi connectivity index (χ3n) is 15.4. The Morgan fingerprint density at radius 3 is 2.34 bits per heavy atom. The molecule has 0 radical (unpaired) electrons. The Bertz CT molecular complexity index is 2480. The molecule has 0 bridgehead atoms. The summed E-state index contributed by atoms with van der Waals surface area (Å²) in [7, 11) is 0. The van der Waals surface area contributed by atoms with Gasteiger partial charge < -0.3 is 25.2 Å². The van der Waals surface area contributed by atoms with E-state index in [0.717, 1.165) is 109 Å². The average molecular weight is 954 g/mol. The van der Waals surface area contributed by atoms with Crippen molar-refractivity contribution in [3.05, 3.63) is 94.9 Å². The minimum atomic E-state index is -0.931. The Hall–Kier alpha value is -5.85. The molecule has 374 valence electrons. The number of aromatic nitrogens is 3. The number of fused-ring (bicyclic) bond motifs is 2.